The minimum atomic E-state index is -0.263. The van der Waals surface area contributed by atoms with E-state index >= 15 is 0 Å². The molecule has 0 radical (unpaired) electrons. The van der Waals surface area contributed by atoms with Crippen molar-refractivity contribution < 1.29 is 13.7 Å². The van der Waals surface area contributed by atoms with Crippen molar-refractivity contribution in [3.63, 3.8) is 0 Å². The average Bonchev–Trinajstić information content (AvgIpc) is 3.19. The summed E-state index contributed by atoms with van der Waals surface area (Å²) in [5.74, 6) is 0.715. The zero-order valence-corrected chi connectivity index (χ0v) is 13.1. The van der Waals surface area contributed by atoms with Gasteiger partial charge in [-0.05, 0) is 26.0 Å². The second kappa shape index (κ2) is 6.15. The lowest BCUT2D eigenvalue weighted by Gasteiger charge is -2.01. The molecule has 1 amide bonds. The van der Waals surface area contributed by atoms with Crippen LogP contribution in [0.2, 0.25) is 0 Å². The molecule has 22 heavy (non-hydrogen) atoms. The van der Waals surface area contributed by atoms with Gasteiger partial charge in [0.25, 0.3) is 5.91 Å². The molecule has 7 heteroatoms. The van der Waals surface area contributed by atoms with Crippen molar-refractivity contribution in [1.82, 2.24) is 15.5 Å². The number of furan rings is 1. The van der Waals surface area contributed by atoms with Crippen LogP contribution in [0.4, 0.5) is 0 Å². The summed E-state index contributed by atoms with van der Waals surface area (Å²) in [5, 5.41) is 7.63. The second-order valence-corrected chi connectivity index (χ2v) is 6.09. The van der Waals surface area contributed by atoms with Crippen molar-refractivity contribution in [1.29, 1.82) is 0 Å². The van der Waals surface area contributed by atoms with Gasteiger partial charge >= 0.3 is 0 Å². The molecule has 0 saturated heterocycles. The fraction of sp³-hybridized carbons (Fsp3) is 0.267. The van der Waals surface area contributed by atoms with Crippen LogP contribution in [0.5, 0.6) is 0 Å². The van der Waals surface area contributed by atoms with E-state index in [4.69, 9.17) is 8.94 Å². The summed E-state index contributed by atoms with van der Waals surface area (Å²) in [5.41, 5.74) is 1.27. The van der Waals surface area contributed by atoms with Gasteiger partial charge in [0.2, 0.25) is 5.76 Å². The van der Waals surface area contributed by atoms with E-state index in [1.807, 2.05) is 13.8 Å². The molecule has 0 aromatic carbocycles. The molecule has 3 heterocycles. The third-order valence-electron chi connectivity index (χ3n) is 3.14. The van der Waals surface area contributed by atoms with E-state index in [2.05, 4.69) is 15.5 Å². The zero-order chi connectivity index (χ0) is 15.5. The molecule has 0 fully saturated rings. The van der Waals surface area contributed by atoms with Gasteiger partial charge in [0.1, 0.15) is 0 Å². The summed E-state index contributed by atoms with van der Waals surface area (Å²) in [6.07, 6.45) is 2.29. The van der Waals surface area contributed by atoms with Gasteiger partial charge in [-0.15, -0.1) is 11.3 Å². The Morgan fingerprint density at radius 3 is 2.91 bits per heavy atom. The van der Waals surface area contributed by atoms with E-state index in [1.54, 1.807) is 29.5 Å². The SMILES string of the molecule is Cc1nc(C)c(CCNC(=O)c2cc(-c3ccco3)on2)s1. The van der Waals surface area contributed by atoms with Crippen LogP contribution in [0.3, 0.4) is 0 Å². The number of nitrogens with one attached hydrogen (secondary N) is 1. The van der Waals surface area contributed by atoms with Crippen molar-refractivity contribution in [3.8, 4) is 11.5 Å². The Bertz CT molecular complexity index is 774. The van der Waals surface area contributed by atoms with Gasteiger partial charge in [-0.25, -0.2) is 4.98 Å². The fourth-order valence-corrected chi connectivity index (χ4v) is 3.04. The summed E-state index contributed by atoms with van der Waals surface area (Å²) in [4.78, 5) is 17.6. The molecule has 0 bridgehead atoms. The summed E-state index contributed by atoms with van der Waals surface area (Å²) in [6.45, 7) is 4.49. The Morgan fingerprint density at radius 1 is 1.36 bits per heavy atom. The molecule has 0 aliphatic rings. The predicted octanol–water partition coefficient (Wildman–Crippen LogP) is 2.98. The smallest absolute Gasteiger partial charge is 0.273 e. The van der Waals surface area contributed by atoms with Gasteiger partial charge in [0.15, 0.2) is 11.5 Å². The first-order valence-electron chi connectivity index (χ1n) is 6.85. The minimum absolute atomic E-state index is 0.239. The summed E-state index contributed by atoms with van der Waals surface area (Å²) in [6, 6.07) is 5.06. The van der Waals surface area contributed by atoms with Crippen molar-refractivity contribution in [3.05, 3.63) is 45.7 Å². The molecule has 0 saturated carbocycles. The molecule has 0 atom stereocenters. The standard InChI is InChI=1S/C15H15N3O3S/c1-9-14(22-10(2)17-9)5-6-16-15(19)11-8-13(21-18-11)12-4-3-7-20-12/h3-4,7-8H,5-6H2,1-2H3,(H,16,19). The number of amides is 1. The number of rotatable bonds is 5. The molecular weight excluding hydrogens is 302 g/mol. The highest BCUT2D eigenvalue weighted by Crippen LogP contribution is 2.20. The van der Waals surface area contributed by atoms with Crippen molar-refractivity contribution in [2.75, 3.05) is 6.54 Å². The molecule has 0 aliphatic carbocycles. The van der Waals surface area contributed by atoms with Crippen LogP contribution in [-0.4, -0.2) is 22.6 Å². The van der Waals surface area contributed by atoms with E-state index in [9.17, 15) is 4.79 Å². The Kier molecular flexibility index (Phi) is 4.06. The number of aryl methyl sites for hydroxylation is 2. The van der Waals surface area contributed by atoms with Crippen molar-refractivity contribution >= 4 is 17.2 Å². The molecule has 0 unspecified atom stereocenters. The van der Waals surface area contributed by atoms with Gasteiger partial charge in [0.05, 0.1) is 17.0 Å². The molecule has 0 aliphatic heterocycles. The third kappa shape index (κ3) is 3.09. The van der Waals surface area contributed by atoms with Crippen molar-refractivity contribution in [2.24, 2.45) is 0 Å². The first kappa shape index (κ1) is 14.5. The Morgan fingerprint density at radius 2 is 2.23 bits per heavy atom. The lowest BCUT2D eigenvalue weighted by atomic mass is 10.3. The molecule has 3 aromatic heterocycles. The van der Waals surface area contributed by atoms with Crippen LogP contribution in [-0.2, 0) is 6.42 Å². The molecule has 1 N–H and O–H groups in total. The van der Waals surface area contributed by atoms with Crippen LogP contribution >= 0.6 is 11.3 Å². The van der Waals surface area contributed by atoms with Gasteiger partial charge in [-0.1, -0.05) is 5.16 Å². The first-order valence-corrected chi connectivity index (χ1v) is 7.67. The number of carbonyl (C=O) groups excluding carboxylic acids is 1. The first-order chi connectivity index (χ1) is 10.6. The normalized spacial score (nSPS) is 10.8. The van der Waals surface area contributed by atoms with E-state index < -0.39 is 0 Å². The van der Waals surface area contributed by atoms with Gasteiger partial charge < -0.3 is 14.3 Å². The van der Waals surface area contributed by atoms with Gasteiger partial charge in [0, 0.05) is 23.9 Å². The minimum Gasteiger partial charge on any atom is -0.461 e. The number of thiazole rings is 1. The Balaban J connectivity index is 1.57. The molecule has 6 nitrogen and oxygen atoms in total. The highest BCUT2D eigenvalue weighted by Gasteiger charge is 2.15. The summed E-state index contributed by atoms with van der Waals surface area (Å²) < 4.78 is 10.3. The number of hydrogen-bond donors (Lipinski definition) is 1. The largest absolute Gasteiger partial charge is 0.461 e. The van der Waals surface area contributed by atoms with E-state index in [0.717, 1.165) is 17.1 Å². The molecule has 114 valence electrons. The molecular formula is C15H15N3O3S. The number of nitrogens with zero attached hydrogens (tertiary/aromatic N) is 2. The lowest BCUT2D eigenvalue weighted by molar-refractivity contribution is 0.0945. The van der Waals surface area contributed by atoms with Crippen LogP contribution in [0.1, 0.15) is 26.1 Å². The van der Waals surface area contributed by atoms with Gasteiger partial charge in [-0.3, -0.25) is 4.79 Å². The van der Waals surface area contributed by atoms with E-state index in [-0.39, 0.29) is 11.6 Å². The van der Waals surface area contributed by atoms with Crippen LogP contribution < -0.4 is 5.32 Å². The third-order valence-corrected chi connectivity index (χ3v) is 4.28. The highest BCUT2D eigenvalue weighted by atomic mass is 32.1. The Labute approximate surface area is 131 Å². The number of hydrogen-bond acceptors (Lipinski definition) is 6. The fourth-order valence-electron chi connectivity index (χ4n) is 2.10. The number of aromatic nitrogens is 2. The van der Waals surface area contributed by atoms with Crippen LogP contribution in [0.15, 0.2) is 33.4 Å². The maximum Gasteiger partial charge on any atom is 0.273 e. The topological polar surface area (TPSA) is 81.2 Å². The monoisotopic (exact) mass is 317 g/mol. The molecule has 3 rings (SSSR count). The maximum atomic E-state index is 12.0. The van der Waals surface area contributed by atoms with Crippen molar-refractivity contribution in [2.45, 2.75) is 20.3 Å². The number of carbonyl (C=O) groups is 1. The summed E-state index contributed by atoms with van der Waals surface area (Å²) >= 11 is 1.66. The van der Waals surface area contributed by atoms with E-state index in [0.29, 0.717) is 18.1 Å². The van der Waals surface area contributed by atoms with E-state index in [1.165, 1.54) is 11.1 Å². The quantitative estimate of drug-likeness (QED) is 0.782. The molecule has 0 spiro atoms. The van der Waals surface area contributed by atoms with Crippen LogP contribution in [0, 0.1) is 13.8 Å². The van der Waals surface area contributed by atoms with Crippen LogP contribution in [0.25, 0.3) is 11.5 Å². The maximum absolute atomic E-state index is 12.0. The Hall–Kier alpha value is -2.41. The second-order valence-electron chi connectivity index (χ2n) is 4.80. The van der Waals surface area contributed by atoms with Gasteiger partial charge in [-0.2, -0.15) is 0 Å². The lowest BCUT2D eigenvalue weighted by Crippen LogP contribution is -2.25. The average molecular weight is 317 g/mol. The highest BCUT2D eigenvalue weighted by molar-refractivity contribution is 7.11. The predicted molar refractivity (Wildman–Crippen MR) is 81.8 cm³/mol. The summed E-state index contributed by atoms with van der Waals surface area (Å²) in [7, 11) is 0. The molecule has 3 aromatic rings. The zero-order valence-electron chi connectivity index (χ0n) is 12.3.